The summed E-state index contributed by atoms with van der Waals surface area (Å²) < 4.78 is 4.88. The summed E-state index contributed by atoms with van der Waals surface area (Å²) in [5.41, 5.74) is 17.0. The van der Waals surface area contributed by atoms with Crippen molar-refractivity contribution in [1.29, 1.82) is 0 Å². The van der Waals surface area contributed by atoms with Gasteiger partial charge < -0.3 is 4.57 Å². The lowest BCUT2D eigenvalue weighted by Crippen LogP contribution is -2.02. The normalized spacial score (nSPS) is 11.5. The maximum atomic E-state index is 5.62. The SMILES string of the molecule is c1ccc(-c2cccc(-c3cccc(-c4cc(-c5ccccc5)nc(-n5c6ccccc6c6c(-c7ccccc7)cc7c8ccccc8n(-c8ccccc8)c7c65)c4)c3)c2)cc1. The van der Waals surface area contributed by atoms with Crippen molar-refractivity contribution in [3.63, 3.8) is 0 Å². The van der Waals surface area contributed by atoms with Gasteiger partial charge in [-0.3, -0.25) is 4.57 Å². The Morgan fingerprint density at radius 3 is 1.42 bits per heavy atom. The highest BCUT2D eigenvalue weighted by Gasteiger charge is 2.25. The number of hydrogen-bond donors (Lipinski definition) is 0. The van der Waals surface area contributed by atoms with Crippen molar-refractivity contribution >= 4 is 43.6 Å². The molecule has 3 nitrogen and oxygen atoms in total. The van der Waals surface area contributed by atoms with E-state index in [0.29, 0.717) is 0 Å². The lowest BCUT2D eigenvalue weighted by atomic mass is 9.96. The first-order valence-electron chi connectivity index (χ1n) is 21.2. The van der Waals surface area contributed by atoms with E-state index in [4.69, 9.17) is 4.98 Å². The van der Waals surface area contributed by atoms with Crippen LogP contribution in [0.4, 0.5) is 0 Å². The molecule has 3 aromatic heterocycles. The molecular formula is C59H39N3. The molecule has 0 N–H and O–H groups in total. The van der Waals surface area contributed by atoms with Gasteiger partial charge in [0.25, 0.3) is 0 Å². The minimum Gasteiger partial charge on any atom is -0.307 e. The Bertz CT molecular complexity index is 3600. The molecule has 12 aromatic rings. The molecule has 0 saturated carbocycles. The molecule has 0 amide bonds. The smallest absolute Gasteiger partial charge is 0.138 e. The predicted octanol–water partition coefficient (Wildman–Crippen LogP) is 15.6. The van der Waals surface area contributed by atoms with Gasteiger partial charge in [0.05, 0.1) is 27.8 Å². The lowest BCUT2D eigenvalue weighted by Gasteiger charge is -2.16. The van der Waals surface area contributed by atoms with Crippen LogP contribution in [0.1, 0.15) is 0 Å². The van der Waals surface area contributed by atoms with Crippen LogP contribution in [-0.4, -0.2) is 14.1 Å². The van der Waals surface area contributed by atoms with Crippen LogP contribution in [0.15, 0.2) is 237 Å². The Morgan fingerprint density at radius 1 is 0.290 bits per heavy atom. The van der Waals surface area contributed by atoms with E-state index in [1.165, 1.54) is 54.9 Å². The average molecular weight is 790 g/mol. The Hall–Kier alpha value is -8.27. The molecule has 0 saturated heterocycles. The zero-order valence-electron chi connectivity index (χ0n) is 33.9. The Morgan fingerprint density at radius 2 is 0.774 bits per heavy atom. The highest BCUT2D eigenvalue weighted by molar-refractivity contribution is 6.28. The number of nitrogens with zero attached hydrogens (tertiary/aromatic N) is 3. The molecular weight excluding hydrogens is 751 g/mol. The second-order valence-electron chi connectivity index (χ2n) is 15.9. The first kappa shape index (κ1) is 35.7. The summed E-state index contributed by atoms with van der Waals surface area (Å²) in [6.07, 6.45) is 0. The number of rotatable bonds is 7. The van der Waals surface area contributed by atoms with Crippen molar-refractivity contribution in [2.24, 2.45) is 0 Å². The zero-order valence-corrected chi connectivity index (χ0v) is 33.9. The molecule has 0 spiro atoms. The van der Waals surface area contributed by atoms with Crippen LogP contribution >= 0.6 is 0 Å². The van der Waals surface area contributed by atoms with Crippen molar-refractivity contribution in [3.8, 4) is 67.3 Å². The fourth-order valence-electron chi connectivity index (χ4n) is 9.47. The van der Waals surface area contributed by atoms with Gasteiger partial charge in [0.1, 0.15) is 5.82 Å². The van der Waals surface area contributed by atoms with Crippen molar-refractivity contribution in [3.05, 3.63) is 237 Å². The van der Waals surface area contributed by atoms with Gasteiger partial charge in [-0.1, -0.05) is 182 Å². The number of benzene rings is 9. The number of hydrogen-bond acceptors (Lipinski definition) is 1. The minimum atomic E-state index is 0.861. The van der Waals surface area contributed by atoms with E-state index in [1.54, 1.807) is 0 Å². The topological polar surface area (TPSA) is 22.8 Å². The van der Waals surface area contributed by atoms with Crippen LogP contribution in [0.2, 0.25) is 0 Å². The number of pyridine rings is 1. The third-order valence-corrected chi connectivity index (χ3v) is 12.3. The number of fused-ring (bicyclic) bond motifs is 7. The molecule has 0 unspecified atom stereocenters. The second kappa shape index (κ2) is 14.8. The van der Waals surface area contributed by atoms with Crippen molar-refractivity contribution in [2.45, 2.75) is 0 Å². The molecule has 290 valence electrons. The van der Waals surface area contributed by atoms with Crippen molar-refractivity contribution < 1.29 is 0 Å². The molecule has 62 heavy (non-hydrogen) atoms. The summed E-state index contributed by atoms with van der Waals surface area (Å²) in [5, 5.41) is 4.79. The third kappa shape index (κ3) is 5.94. The molecule has 12 rings (SSSR count). The fourth-order valence-corrected chi connectivity index (χ4v) is 9.47. The van der Waals surface area contributed by atoms with Crippen molar-refractivity contribution in [1.82, 2.24) is 14.1 Å². The monoisotopic (exact) mass is 789 g/mol. The maximum Gasteiger partial charge on any atom is 0.138 e. The number of aromatic nitrogens is 3. The summed E-state index contributed by atoms with van der Waals surface area (Å²) in [4.78, 5) is 5.62. The van der Waals surface area contributed by atoms with Crippen LogP contribution in [-0.2, 0) is 0 Å². The van der Waals surface area contributed by atoms with Gasteiger partial charge in [-0.2, -0.15) is 0 Å². The molecule has 0 aliphatic rings. The molecule has 0 atom stereocenters. The van der Waals surface area contributed by atoms with E-state index in [9.17, 15) is 0 Å². The largest absolute Gasteiger partial charge is 0.307 e. The van der Waals surface area contributed by atoms with Gasteiger partial charge in [-0.05, 0) is 99.1 Å². The quantitative estimate of drug-likeness (QED) is 0.158. The highest BCUT2D eigenvalue weighted by atomic mass is 15.1. The van der Waals surface area contributed by atoms with Crippen LogP contribution < -0.4 is 0 Å². The van der Waals surface area contributed by atoms with Crippen LogP contribution in [0.3, 0.4) is 0 Å². The summed E-state index contributed by atoms with van der Waals surface area (Å²) in [6, 6.07) is 85.2. The predicted molar refractivity (Wildman–Crippen MR) is 260 cm³/mol. The molecule has 3 heteroatoms. The summed E-state index contributed by atoms with van der Waals surface area (Å²) >= 11 is 0. The molecule has 9 aromatic carbocycles. The maximum absolute atomic E-state index is 5.62. The lowest BCUT2D eigenvalue weighted by molar-refractivity contribution is 1.08. The molecule has 0 fully saturated rings. The van der Waals surface area contributed by atoms with E-state index in [0.717, 1.165) is 56.0 Å². The van der Waals surface area contributed by atoms with Crippen LogP contribution in [0.5, 0.6) is 0 Å². The van der Waals surface area contributed by atoms with Gasteiger partial charge in [0.2, 0.25) is 0 Å². The van der Waals surface area contributed by atoms with E-state index < -0.39 is 0 Å². The van der Waals surface area contributed by atoms with E-state index in [-0.39, 0.29) is 0 Å². The third-order valence-electron chi connectivity index (χ3n) is 12.3. The van der Waals surface area contributed by atoms with E-state index >= 15 is 0 Å². The number of para-hydroxylation sites is 3. The molecule has 0 bridgehead atoms. The molecule has 0 radical (unpaired) electrons. The first-order chi connectivity index (χ1) is 30.8. The average Bonchev–Trinajstić information content (AvgIpc) is 3.88. The van der Waals surface area contributed by atoms with E-state index in [2.05, 4.69) is 246 Å². The standard InChI is InChI=1S/C59H39N3/c1-5-19-40(20-6-1)43-25-17-26-44(35-43)45-27-18-28-46(36-45)47-37-53(42-23-9-3-10-24-42)60-56(38-47)62-55-34-16-14-32-50(55)57-51(41-21-7-2-8-22-41)39-52-49-31-13-15-33-54(49)61(58(52)59(57)62)48-29-11-4-12-30-48/h1-39H. The van der Waals surface area contributed by atoms with E-state index in [1.807, 2.05) is 0 Å². The minimum absolute atomic E-state index is 0.861. The Balaban J connectivity index is 1.18. The first-order valence-corrected chi connectivity index (χ1v) is 21.2. The molecule has 0 aliphatic carbocycles. The van der Waals surface area contributed by atoms with Gasteiger partial charge >= 0.3 is 0 Å². The Kier molecular flexibility index (Phi) is 8.50. The van der Waals surface area contributed by atoms with Gasteiger partial charge in [0, 0.05) is 32.8 Å². The zero-order chi connectivity index (χ0) is 41.0. The summed E-state index contributed by atoms with van der Waals surface area (Å²) in [7, 11) is 0. The van der Waals surface area contributed by atoms with Gasteiger partial charge in [0.15, 0.2) is 0 Å². The Labute approximate surface area is 360 Å². The summed E-state index contributed by atoms with van der Waals surface area (Å²) in [5.74, 6) is 0.861. The second-order valence-corrected chi connectivity index (χ2v) is 15.9. The van der Waals surface area contributed by atoms with Gasteiger partial charge in [-0.25, -0.2) is 4.98 Å². The van der Waals surface area contributed by atoms with Crippen LogP contribution in [0, 0.1) is 0 Å². The molecule has 3 heterocycles. The fraction of sp³-hybridized carbons (Fsp3) is 0. The van der Waals surface area contributed by atoms with Gasteiger partial charge in [-0.15, -0.1) is 0 Å². The van der Waals surface area contributed by atoms with Crippen molar-refractivity contribution in [2.75, 3.05) is 0 Å². The summed E-state index contributed by atoms with van der Waals surface area (Å²) in [6.45, 7) is 0. The van der Waals surface area contributed by atoms with Crippen LogP contribution in [0.25, 0.3) is 111 Å². The highest BCUT2D eigenvalue weighted by Crippen LogP contribution is 2.46. The molecule has 0 aliphatic heterocycles.